The predicted molar refractivity (Wildman–Crippen MR) is 223 cm³/mol. The van der Waals surface area contributed by atoms with E-state index in [4.69, 9.17) is 43.6 Å². The lowest BCUT2D eigenvalue weighted by Crippen LogP contribution is -2.55. The van der Waals surface area contributed by atoms with Crippen LogP contribution in [0.1, 0.15) is 87.5 Å². The quantitative estimate of drug-likeness (QED) is 0.0562. The average Bonchev–Trinajstić information content (AvgIpc) is 3.15. The van der Waals surface area contributed by atoms with Crippen LogP contribution in [-0.2, 0) is 57.1 Å². The van der Waals surface area contributed by atoms with Gasteiger partial charge in [0.15, 0.2) is 5.78 Å². The van der Waals surface area contributed by atoms with E-state index in [-0.39, 0.29) is 48.5 Å². The minimum atomic E-state index is -0.841. The zero-order valence-corrected chi connectivity index (χ0v) is 37.4. The van der Waals surface area contributed by atoms with Gasteiger partial charge >= 0.3 is 6.03 Å². The summed E-state index contributed by atoms with van der Waals surface area (Å²) in [7, 11) is 0. The van der Waals surface area contributed by atoms with Gasteiger partial charge < -0.3 is 64.9 Å². The maximum absolute atomic E-state index is 13.2. The molecular formula is C41H79N5O13. The van der Waals surface area contributed by atoms with Crippen LogP contribution in [0.2, 0.25) is 0 Å². The Morgan fingerprint density at radius 2 is 0.949 bits per heavy atom. The monoisotopic (exact) mass is 850 g/mol. The molecule has 59 heavy (non-hydrogen) atoms. The number of primary amides is 1. The van der Waals surface area contributed by atoms with E-state index in [2.05, 4.69) is 42.0 Å². The lowest BCUT2D eigenvalue weighted by atomic mass is 9.84. The number of carbonyl (C=O) groups is 5. The maximum Gasteiger partial charge on any atom is 0.312 e. The Bertz CT molecular complexity index is 1130. The first-order chi connectivity index (χ1) is 27.9. The van der Waals surface area contributed by atoms with Gasteiger partial charge in [0.2, 0.25) is 17.7 Å². The zero-order chi connectivity index (χ0) is 44.4. The van der Waals surface area contributed by atoms with Crippen LogP contribution in [0, 0.1) is 16.7 Å². The molecule has 0 rings (SSSR count). The lowest BCUT2D eigenvalue weighted by Gasteiger charge is -2.28. The molecule has 0 fully saturated rings. The number of hydrogen-bond donors (Lipinski definition) is 5. The molecule has 0 aliphatic heterocycles. The summed E-state index contributed by atoms with van der Waals surface area (Å²) in [4.78, 5) is 61.6. The van der Waals surface area contributed by atoms with Gasteiger partial charge in [-0.25, -0.2) is 4.79 Å². The number of ketones is 1. The first kappa shape index (κ1) is 56.0. The standard InChI is InChI=1S/C41H79N5O13/c1-32(2)36(38(50)45-33(37(49)41(6,7)8)10-9-14-44-39(42)51)46-35(48)12-16-52-18-20-54-22-24-56-26-28-58-30-31-59-29-27-57-25-23-55-21-19-53-17-15-43-34(47)11-13-40(3,4)5/h32-33,36H,9-31H2,1-8H3,(H,43,47)(H,45,50)(H,46,48)(H3,42,44,51)/t33-,36-/m0/s1. The van der Waals surface area contributed by atoms with E-state index in [0.29, 0.717) is 125 Å². The van der Waals surface area contributed by atoms with Crippen molar-refractivity contribution in [3.63, 3.8) is 0 Å². The molecule has 0 aromatic heterocycles. The minimum Gasteiger partial charge on any atom is -0.379 e. The fourth-order valence-electron chi connectivity index (χ4n) is 5.00. The molecule has 18 heteroatoms. The molecule has 0 radical (unpaired) electrons. The van der Waals surface area contributed by atoms with Gasteiger partial charge in [0.25, 0.3) is 0 Å². The van der Waals surface area contributed by atoms with Crippen molar-refractivity contribution in [3.05, 3.63) is 0 Å². The third kappa shape index (κ3) is 35.5. The fourth-order valence-corrected chi connectivity index (χ4v) is 5.00. The van der Waals surface area contributed by atoms with Gasteiger partial charge in [-0.1, -0.05) is 55.4 Å². The van der Waals surface area contributed by atoms with Gasteiger partial charge in [0.05, 0.1) is 112 Å². The highest BCUT2D eigenvalue weighted by Crippen LogP contribution is 2.20. The summed E-state index contributed by atoms with van der Waals surface area (Å²) < 4.78 is 43.9. The van der Waals surface area contributed by atoms with Crippen LogP contribution in [-0.4, -0.2) is 160 Å². The molecule has 0 aliphatic carbocycles. The SMILES string of the molecule is CC(C)[C@H](NC(=O)CCOCCOCCOCCOCCOCCOCCOCCOCCNC(=O)CCC(C)(C)C)C(=O)N[C@@H](CCCNC(N)=O)C(=O)C(C)(C)C. The Labute approximate surface area is 353 Å². The molecule has 0 saturated heterocycles. The Hall–Kier alpha value is -2.97. The van der Waals surface area contributed by atoms with E-state index in [0.717, 1.165) is 6.42 Å². The van der Waals surface area contributed by atoms with Crippen molar-refractivity contribution in [3.8, 4) is 0 Å². The molecule has 0 aromatic rings. The number of rotatable bonds is 38. The Morgan fingerprint density at radius 1 is 0.525 bits per heavy atom. The first-order valence-corrected chi connectivity index (χ1v) is 21.0. The van der Waals surface area contributed by atoms with E-state index in [1.807, 2.05) is 13.8 Å². The van der Waals surface area contributed by atoms with E-state index in [1.54, 1.807) is 20.8 Å². The van der Waals surface area contributed by atoms with Crippen LogP contribution in [0.15, 0.2) is 0 Å². The smallest absolute Gasteiger partial charge is 0.312 e. The molecule has 346 valence electrons. The van der Waals surface area contributed by atoms with E-state index in [9.17, 15) is 24.0 Å². The summed E-state index contributed by atoms with van der Waals surface area (Å²) in [6.07, 6.45) is 2.18. The van der Waals surface area contributed by atoms with Crippen LogP contribution in [0.4, 0.5) is 4.79 Å². The Morgan fingerprint density at radius 3 is 1.34 bits per heavy atom. The first-order valence-electron chi connectivity index (χ1n) is 21.0. The van der Waals surface area contributed by atoms with Crippen LogP contribution in [0.5, 0.6) is 0 Å². The third-order valence-electron chi connectivity index (χ3n) is 8.35. The molecule has 5 amide bonds. The van der Waals surface area contributed by atoms with E-state index < -0.39 is 29.4 Å². The minimum absolute atomic E-state index is 0.0529. The molecule has 0 heterocycles. The van der Waals surface area contributed by atoms with Crippen molar-refractivity contribution in [1.29, 1.82) is 0 Å². The number of nitrogens with two attached hydrogens (primary N) is 1. The van der Waals surface area contributed by atoms with E-state index >= 15 is 0 Å². The van der Waals surface area contributed by atoms with Gasteiger partial charge in [-0.2, -0.15) is 0 Å². The normalized spacial score (nSPS) is 12.9. The molecule has 0 aliphatic rings. The maximum atomic E-state index is 13.2. The second kappa shape index (κ2) is 34.7. The summed E-state index contributed by atoms with van der Waals surface area (Å²) in [5, 5.41) is 10.9. The zero-order valence-electron chi connectivity index (χ0n) is 37.4. The summed E-state index contributed by atoms with van der Waals surface area (Å²) in [6, 6.07) is -2.28. The molecule has 0 unspecified atom stereocenters. The highest BCUT2D eigenvalue weighted by molar-refractivity contribution is 5.95. The van der Waals surface area contributed by atoms with Crippen molar-refractivity contribution < 1.29 is 61.9 Å². The largest absolute Gasteiger partial charge is 0.379 e. The summed E-state index contributed by atoms with van der Waals surface area (Å²) >= 11 is 0. The molecule has 0 bridgehead atoms. The van der Waals surface area contributed by atoms with Crippen LogP contribution >= 0.6 is 0 Å². The fraction of sp³-hybridized carbons (Fsp3) is 0.878. The molecule has 2 atom stereocenters. The Kier molecular flexibility index (Phi) is 33.0. The number of urea groups is 1. The summed E-state index contributed by atoms with van der Waals surface area (Å²) in [5.41, 5.74) is 4.56. The van der Waals surface area contributed by atoms with Crippen molar-refractivity contribution in [1.82, 2.24) is 21.3 Å². The Balaban J connectivity index is 3.74. The second-order valence-corrected chi connectivity index (χ2v) is 16.5. The van der Waals surface area contributed by atoms with Gasteiger partial charge in [-0.3, -0.25) is 19.2 Å². The second-order valence-electron chi connectivity index (χ2n) is 16.5. The topological polar surface area (TPSA) is 233 Å². The molecule has 0 aromatic carbocycles. The van der Waals surface area contributed by atoms with Crippen molar-refractivity contribution in [2.24, 2.45) is 22.5 Å². The number of Topliss-reactive ketones (excluding diaryl/α,β-unsaturated/α-hetero) is 1. The van der Waals surface area contributed by atoms with Crippen molar-refractivity contribution in [2.75, 3.05) is 119 Å². The van der Waals surface area contributed by atoms with Crippen LogP contribution < -0.4 is 27.0 Å². The highest BCUT2D eigenvalue weighted by Gasteiger charge is 2.33. The number of hydrogen-bond acceptors (Lipinski definition) is 13. The van der Waals surface area contributed by atoms with Gasteiger partial charge in [0.1, 0.15) is 6.04 Å². The molecule has 0 saturated carbocycles. The highest BCUT2D eigenvalue weighted by atomic mass is 16.6. The summed E-state index contributed by atoms with van der Waals surface area (Å²) in [6.45, 7) is 22.6. The summed E-state index contributed by atoms with van der Waals surface area (Å²) in [5.74, 6) is -1.12. The third-order valence-corrected chi connectivity index (χ3v) is 8.35. The van der Waals surface area contributed by atoms with Crippen molar-refractivity contribution in [2.45, 2.75) is 99.6 Å². The molecule has 18 nitrogen and oxygen atoms in total. The van der Waals surface area contributed by atoms with Gasteiger partial charge in [-0.05, 0) is 30.6 Å². The van der Waals surface area contributed by atoms with Crippen molar-refractivity contribution >= 4 is 29.5 Å². The number of carbonyl (C=O) groups excluding carboxylic acids is 5. The predicted octanol–water partition coefficient (Wildman–Crippen LogP) is 2.14. The van der Waals surface area contributed by atoms with Crippen LogP contribution in [0.25, 0.3) is 0 Å². The lowest BCUT2D eigenvalue weighted by molar-refractivity contribution is -0.135. The molecule has 6 N–H and O–H groups in total. The van der Waals surface area contributed by atoms with Gasteiger partial charge in [0, 0.05) is 31.3 Å². The number of ether oxygens (including phenoxy) is 8. The molecular weight excluding hydrogens is 770 g/mol. The van der Waals surface area contributed by atoms with E-state index in [1.165, 1.54) is 0 Å². The molecule has 0 spiro atoms. The number of nitrogens with one attached hydrogen (secondary N) is 4. The number of amides is 5. The average molecular weight is 850 g/mol. The van der Waals surface area contributed by atoms with Crippen LogP contribution in [0.3, 0.4) is 0 Å². The van der Waals surface area contributed by atoms with Gasteiger partial charge in [-0.15, -0.1) is 0 Å².